The Hall–Kier alpha value is -1.36. The van der Waals surface area contributed by atoms with Crippen LogP contribution < -0.4 is 11.1 Å². The number of nitrogens with one attached hydrogen (secondary N) is 2. The highest BCUT2D eigenvalue weighted by Crippen LogP contribution is 2.24. The van der Waals surface area contributed by atoms with Gasteiger partial charge in [-0.05, 0) is 32.1 Å². The number of aromatic nitrogens is 2. The van der Waals surface area contributed by atoms with E-state index in [1.165, 1.54) is 0 Å². The van der Waals surface area contributed by atoms with Crippen molar-refractivity contribution in [1.29, 1.82) is 0 Å². The van der Waals surface area contributed by atoms with Crippen molar-refractivity contribution >= 4 is 11.7 Å². The van der Waals surface area contributed by atoms with E-state index in [-0.39, 0.29) is 17.9 Å². The molecule has 1 aromatic rings. The molecule has 0 atom stereocenters. The summed E-state index contributed by atoms with van der Waals surface area (Å²) in [7, 11) is 0. The summed E-state index contributed by atoms with van der Waals surface area (Å²) in [5, 5.41) is 9.92. The summed E-state index contributed by atoms with van der Waals surface area (Å²) < 4.78 is 0. The van der Waals surface area contributed by atoms with E-state index < -0.39 is 0 Å². The van der Waals surface area contributed by atoms with Gasteiger partial charge in [0.2, 0.25) is 5.91 Å². The van der Waals surface area contributed by atoms with Crippen LogP contribution in [-0.2, 0) is 11.2 Å². The van der Waals surface area contributed by atoms with Crippen molar-refractivity contribution in [3.05, 3.63) is 11.8 Å². The van der Waals surface area contributed by atoms with E-state index in [0.29, 0.717) is 5.82 Å². The Morgan fingerprint density at radius 2 is 2.22 bits per heavy atom. The number of amides is 1. The fraction of sp³-hybridized carbons (Fsp3) is 0.692. The predicted molar refractivity (Wildman–Crippen MR) is 71.1 cm³/mol. The van der Waals surface area contributed by atoms with Gasteiger partial charge in [0.1, 0.15) is 0 Å². The van der Waals surface area contributed by atoms with Gasteiger partial charge in [0.15, 0.2) is 5.82 Å². The number of nitrogens with zero attached hydrogens (tertiary/aromatic N) is 1. The van der Waals surface area contributed by atoms with Crippen LogP contribution in [0.2, 0.25) is 0 Å². The number of H-pyrrole nitrogens is 1. The fourth-order valence-electron chi connectivity index (χ4n) is 2.43. The molecule has 1 aliphatic rings. The molecule has 1 fully saturated rings. The van der Waals surface area contributed by atoms with Crippen LogP contribution in [-0.4, -0.2) is 22.1 Å². The molecule has 0 aliphatic heterocycles. The Morgan fingerprint density at radius 3 is 2.89 bits per heavy atom. The van der Waals surface area contributed by atoms with Gasteiger partial charge in [-0.15, -0.1) is 0 Å². The monoisotopic (exact) mass is 250 g/mol. The first kappa shape index (κ1) is 13.1. The third-order valence-electron chi connectivity index (χ3n) is 3.54. The summed E-state index contributed by atoms with van der Waals surface area (Å²) in [4.78, 5) is 12.0. The van der Waals surface area contributed by atoms with E-state index in [2.05, 4.69) is 22.4 Å². The summed E-state index contributed by atoms with van der Waals surface area (Å²) >= 11 is 0. The first-order valence-corrected chi connectivity index (χ1v) is 6.79. The maximum absolute atomic E-state index is 12.0. The highest BCUT2D eigenvalue weighted by atomic mass is 16.1. The molecule has 1 aromatic heterocycles. The van der Waals surface area contributed by atoms with Crippen LogP contribution >= 0.6 is 0 Å². The Labute approximate surface area is 108 Å². The molecule has 2 rings (SSSR count). The summed E-state index contributed by atoms with van der Waals surface area (Å²) in [5.41, 5.74) is 6.91. The molecule has 0 aromatic carbocycles. The second-order valence-corrected chi connectivity index (χ2v) is 5.13. The lowest BCUT2D eigenvalue weighted by Crippen LogP contribution is -2.32. The number of hydrogen-bond acceptors (Lipinski definition) is 3. The number of rotatable bonds is 4. The topological polar surface area (TPSA) is 83.8 Å². The highest BCUT2D eigenvalue weighted by Gasteiger charge is 2.24. The van der Waals surface area contributed by atoms with Crippen LogP contribution in [0.25, 0.3) is 0 Å². The summed E-state index contributed by atoms with van der Waals surface area (Å²) in [6.07, 6.45) is 5.69. The lowest BCUT2D eigenvalue weighted by molar-refractivity contribution is -0.120. The van der Waals surface area contributed by atoms with Gasteiger partial charge in [-0.25, -0.2) is 0 Å². The van der Waals surface area contributed by atoms with E-state index in [4.69, 9.17) is 5.73 Å². The van der Waals surface area contributed by atoms with Crippen molar-refractivity contribution in [3.63, 3.8) is 0 Å². The highest BCUT2D eigenvalue weighted by molar-refractivity contribution is 5.91. The molecule has 5 heteroatoms. The molecule has 4 N–H and O–H groups in total. The number of hydrogen-bond donors (Lipinski definition) is 3. The maximum Gasteiger partial charge on any atom is 0.228 e. The third-order valence-corrected chi connectivity index (χ3v) is 3.54. The molecular formula is C13H22N4O. The fourth-order valence-corrected chi connectivity index (χ4v) is 2.43. The van der Waals surface area contributed by atoms with Crippen molar-refractivity contribution < 1.29 is 4.79 Å². The Kier molecular flexibility index (Phi) is 4.36. The molecule has 1 aliphatic carbocycles. The molecule has 1 amide bonds. The second kappa shape index (κ2) is 6.00. The molecule has 5 nitrogen and oxygen atoms in total. The SMILES string of the molecule is CCCc1cc(NC(=O)C2CCC(N)CC2)n[nH]1. The van der Waals surface area contributed by atoms with Gasteiger partial charge >= 0.3 is 0 Å². The summed E-state index contributed by atoms with van der Waals surface area (Å²) in [6, 6.07) is 2.19. The molecule has 0 spiro atoms. The standard InChI is InChI=1S/C13H22N4O/c1-2-3-11-8-12(17-16-11)15-13(18)9-4-6-10(14)7-5-9/h8-10H,2-7,14H2,1H3,(H2,15,16,17,18). The molecule has 1 heterocycles. The van der Waals surface area contributed by atoms with Crippen LogP contribution in [0.15, 0.2) is 6.07 Å². The van der Waals surface area contributed by atoms with Crippen molar-refractivity contribution in [2.45, 2.75) is 51.5 Å². The van der Waals surface area contributed by atoms with Gasteiger partial charge in [0.25, 0.3) is 0 Å². The molecule has 0 radical (unpaired) electrons. The molecule has 100 valence electrons. The lowest BCUT2D eigenvalue weighted by atomic mass is 9.86. The van der Waals surface area contributed by atoms with E-state index in [0.717, 1.165) is 44.2 Å². The van der Waals surface area contributed by atoms with Crippen LogP contribution in [0, 0.1) is 5.92 Å². The average Bonchev–Trinajstić information content (AvgIpc) is 2.78. The van der Waals surface area contributed by atoms with Gasteiger partial charge in [0.05, 0.1) is 0 Å². The van der Waals surface area contributed by atoms with Crippen molar-refractivity contribution in [3.8, 4) is 0 Å². The number of carbonyl (C=O) groups is 1. The molecule has 0 bridgehead atoms. The minimum absolute atomic E-state index is 0.0800. The zero-order chi connectivity index (χ0) is 13.0. The Balaban J connectivity index is 1.86. The Morgan fingerprint density at radius 1 is 1.50 bits per heavy atom. The van der Waals surface area contributed by atoms with E-state index >= 15 is 0 Å². The van der Waals surface area contributed by atoms with Crippen molar-refractivity contribution in [2.75, 3.05) is 5.32 Å². The van der Waals surface area contributed by atoms with Gasteiger partial charge in [-0.2, -0.15) is 5.10 Å². The number of anilines is 1. The molecule has 0 unspecified atom stereocenters. The minimum atomic E-state index is 0.0800. The quantitative estimate of drug-likeness (QED) is 0.762. The van der Waals surface area contributed by atoms with Crippen LogP contribution in [0.4, 0.5) is 5.82 Å². The maximum atomic E-state index is 12.0. The zero-order valence-corrected chi connectivity index (χ0v) is 10.9. The van der Waals surface area contributed by atoms with Crippen molar-refractivity contribution in [2.24, 2.45) is 11.7 Å². The van der Waals surface area contributed by atoms with Crippen LogP contribution in [0.5, 0.6) is 0 Å². The molecule has 1 saturated carbocycles. The summed E-state index contributed by atoms with van der Waals surface area (Å²) in [5.74, 6) is 0.811. The number of carbonyl (C=O) groups excluding carboxylic acids is 1. The van der Waals surface area contributed by atoms with Gasteiger partial charge in [-0.1, -0.05) is 13.3 Å². The van der Waals surface area contributed by atoms with Gasteiger partial charge < -0.3 is 11.1 Å². The zero-order valence-electron chi connectivity index (χ0n) is 10.9. The van der Waals surface area contributed by atoms with Gasteiger partial charge in [0, 0.05) is 23.7 Å². The van der Waals surface area contributed by atoms with Gasteiger partial charge in [-0.3, -0.25) is 9.89 Å². The Bertz CT molecular complexity index is 393. The van der Waals surface area contributed by atoms with E-state index in [1.54, 1.807) is 0 Å². The largest absolute Gasteiger partial charge is 0.328 e. The summed E-state index contributed by atoms with van der Waals surface area (Å²) in [6.45, 7) is 2.12. The third kappa shape index (κ3) is 3.32. The first-order valence-electron chi connectivity index (χ1n) is 6.79. The first-order chi connectivity index (χ1) is 8.69. The smallest absolute Gasteiger partial charge is 0.228 e. The number of aryl methyl sites for hydroxylation is 1. The van der Waals surface area contributed by atoms with Crippen LogP contribution in [0.3, 0.4) is 0 Å². The average molecular weight is 250 g/mol. The van der Waals surface area contributed by atoms with E-state index in [9.17, 15) is 4.79 Å². The lowest BCUT2D eigenvalue weighted by Gasteiger charge is -2.24. The molecular weight excluding hydrogens is 228 g/mol. The van der Waals surface area contributed by atoms with E-state index in [1.807, 2.05) is 6.07 Å². The molecule has 0 saturated heterocycles. The number of aromatic amines is 1. The normalized spacial score (nSPS) is 23.9. The second-order valence-electron chi connectivity index (χ2n) is 5.13. The predicted octanol–water partition coefficient (Wildman–Crippen LogP) is 1.82. The molecule has 18 heavy (non-hydrogen) atoms. The number of nitrogens with two attached hydrogens (primary N) is 1. The van der Waals surface area contributed by atoms with Crippen LogP contribution in [0.1, 0.15) is 44.7 Å². The van der Waals surface area contributed by atoms with Crippen molar-refractivity contribution in [1.82, 2.24) is 10.2 Å². The minimum Gasteiger partial charge on any atom is -0.328 e.